The quantitative estimate of drug-likeness (QED) is 0.853. The van der Waals surface area contributed by atoms with Crippen molar-refractivity contribution in [2.24, 2.45) is 17.6 Å². The summed E-state index contributed by atoms with van der Waals surface area (Å²) in [6.07, 6.45) is 12.1. The molecule has 2 aliphatic rings. The molecule has 2 atom stereocenters. The van der Waals surface area contributed by atoms with Crippen LogP contribution < -0.4 is 5.73 Å². The van der Waals surface area contributed by atoms with E-state index in [2.05, 4.69) is 4.90 Å². The zero-order valence-electron chi connectivity index (χ0n) is 12.3. The average Bonchev–Trinajstić information content (AvgIpc) is 2.38. The highest BCUT2D eigenvalue weighted by molar-refractivity contribution is 5.79. The molecule has 1 amide bonds. The fourth-order valence-electron chi connectivity index (χ4n) is 3.74. The Bertz CT molecular complexity index is 270. The van der Waals surface area contributed by atoms with Gasteiger partial charge in [0.15, 0.2) is 0 Å². The summed E-state index contributed by atoms with van der Waals surface area (Å²) in [4.78, 5) is 14.8. The normalized spacial score (nSPS) is 29.6. The van der Waals surface area contributed by atoms with E-state index in [-0.39, 0.29) is 0 Å². The van der Waals surface area contributed by atoms with Gasteiger partial charge in [0.25, 0.3) is 0 Å². The lowest BCUT2D eigenvalue weighted by atomic mass is 9.79. The van der Waals surface area contributed by atoms with Crippen LogP contribution in [0, 0.1) is 11.8 Å². The second kappa shape index (κ2) is 7.88. The molecule has 110 valence electrons. The Morgan fingerprint density at radius 3 is 2.37 bits per heavy atom. The van der Waals surface area contributed by atoms with Gasteiger partial charge in [0.2, 0.25) is 5.91 Å². The number of nitrogens with two attached hydrogens (primary N) is 1. The first-order valence-electron chi connectivity index (χ1n) is 8.30. The van der Waals surface area contributed by atoms with Crippen molar-refractivity contribution in [2.45, 2.75) is 64.2 Å². The monoisotopic (exact) mass is 266 g/mol. The van der Waals surface area contributed by atoms with Gasteiger partial charge in [-0.2, -0.15) is 0 Å². The molecule has 0 bridgehead atoms. The summed E-state index contributed by atoms with van der Waals surface area (Å²) in [6.45, 7) is 2.77. The highest BCUT2D eigenvalue weighted by Crippen LogP contribution is 2.32. The molecule has 3 nitrogen and oxygen atoms in total. The van der Waals surface area contributed by atoms with Crippen LogP contribution in [0.25, 0.3) is 0 Å². The Kier molecular flexibility index (Phi) is 6.15. The third-order valence-electron chi connectivity index (χ3n) is 4.87. The van der Waals surface area contributed by atoms with Crippen LogP contribution in [0.15, 0.2) is 0 Å². The minimum Gasteiger partial charge on any atom is -0.342 e. The third kappa shape index (κ3) is 4.48. The summed E-state index contributed by atoms with van der Waals surface area (Å²) in [6, 6.07) is 0. The summed E-state index contributed by atoms with van der Waals surface area (Å²) in [7, 11) is 0. The van der Waals surface area contributed by atoms with Gasteiger partial charge in [-0.1, -0.05) is 32.1 Å². The number of hydrogen-bond acceptors (Lipinski definition) is 2. The second-order valence-corrected chi connectivity index (χ2v) is 6.40. The van der Waals surface area contributed by atoms with Crippen LogP contribution in [-0.4, -0.2) is 30.4 Å². The van der Waals surface area contributed by atoms with Crippen LogP contribution in [0.2, 0.25) is 0 Å². The van der Waals surface area contributed by atoms with Crippen LogP contribution in [0.5, 0.6) is 0 Å². The fraction of sp³-hybridized carbons (Fsp3) is 0.938. The lowest BCUT2D eigenvalue weighted by molar-refractivity contribution is -0.137. The Hall–Kier alpha value is -0.570. The molecule has 0 aromatic rings. The molecule has 0 aromatic heterocycles. The first kappa shape index (κ1) is 14.8. The second-order valence-electron chi connectivity index (χ2n) is 6.40. The summed E-state index contributed by atoms with van der Waals surface area (Å²) in [5, 5.41) is 0. The van der Waals surface area contributed by atoms with Gasteiger partial charge in [0.1, 0.15) is 0 Å². The highest BCUT2D eigenvalue weighted by atomic mass is 16.2. The third-order valence-corrected chi connectivity index (χ3v) is 4.87. The minimum atomic E-state index is 0.296. The molecule has 2 N–H and O–H groups in total. The van der Waals surface area contributed by atoms with Gasteiger partial charge in [-0.25, -0.2) is 0 Å². The van der Waals surface area contributed by atoms with E-state index in [9.17, 15) is 4.79 Å². The van der Waals surface area contributed by atoms with Gasteiger partial charge in [-0.3, -0.25) is 4.79 Å². The van der Waals surface area contributed by atoms with Gasteiger partial charge in [-0.15, -0.1) is 0 Å². The molecule has 0 spiro atoms. The van der Waals surface area contributed by atoms with Crippen molar-refractivity contribution in [3.63, 3.8) is 0 Å². The van der Waals surface area contributed by atoms with E-state index in [1.54, 1.807) is 0 Å². The smallest absolute Gasteiger partial charge is 0.225 e. The maximum absolute atomic E-state index is 12.7. The number of nitrogens with zero attached hydrogens (tertiary/aromatic N) is 1. The van der Waals surface area contributed by atoms with Crippen LogP contribution in [0.3, 0.4) is 0 Å². The van der Waals surface area contributed by atoms with Crippen molar-refractivity contribution in [1.82, 2.24) is 4.90 Å². The molecule has 1 aliphatic heterocycles. The van der Waals surface area contributed by atoms with Crippen LogP contribution in [0.1, 0.15) is 64.2 Å². The molecular weight excluding hydrogens is 236 g/mol. The summed E-state index contributed by atoms with van der Waals surface area (Å²) in [5.74, 6) is 1.44. The van der Waals surface area contributed by atoms with Gasteiger partial charge < -0.3 is 10.6 Å². The maximum Gasteiger partial charge on any atom is 0.225 e. The maximum atomic E-state index is 12.7. The van der Waals surface area contributed by atoms with Crippen LogP contribution >= 0.6 is 0 Å². The molecule has 1 saturated heterocycles. The van der Waals surface area contributed by atoms with Gasteiger partial charge in [-0.05, 0) is 44.6 Å². The Morgan fingerprint density at radius 1 is 1.00 bits per heavy atom. The molecule has 2 unspecified atom stereocenters. The summed E-state index contributed by atoms with van der Waals surface area (Å²) < 4.78 is 0. The molecule has 2 fully saturated rings. The zero-order chi connectivity index (χ0) is 13.5. The Balaban J connectivity index is 1.86. The molecule has 1 heterocycles. The molecule has 0 radical (unpaired) electrons. The van der Waals surface area contributed by atoms with Crippen LogP contribution in [-0.2, 0) is 4.79 Å². The number of carbonyl (C=O) groups is 1. The standard InChI is InChI=1S/C16H30N2O/c17-10-9-14-7-6-8-15(13-14)16(19)18-11-4-2-1-3-5-12-18/h14-15H,1-13,17H2. The molecule has 1 saturated carbocycles. The Morgan fingerprint density at radius 2 is 1.68 bits per heavy atom. The molecule has 19 heavy (non-hydrogen) atoms. The van der Waals surface area contributed by atoms with E-state index in [0.717, 1.165) is 38.9 Å². The average molecular weight is 266 g/mol. The fourth-order valence-corrected chi connectivity index (χ4v) is 3.74. The van der Waals surface area contributed by atoms with Crippen molar-refractivity contribution in [1.29, 1.82) is 0 Å². The lowest BCUT2D eigenvalue weighted by Gasteiger charge is -2.33. The summed E-state index contributed by atoms with van der Waals surface area (Å²) in [5.41, 5.74) is 5.67. The molecule has 2 rings (SSSR count). The van der Waals surface area contributed by atoms with Crippen LogP contribution in [0.4, 0.5) is 0 Å². The largest absolute Gasteiger partial charge is 0.342 e. The van der Waals surface area contributed by atoms with Crippen molar-refractivity contribution in [2.75, 3.05) is 19.6 Å². The first-order chi connectivity index (χ1) is 9.31. The molecular formula is C16H30N2O. The summed E-state index contributed by atoms with van der Waals surface area (Å²) >= 11 is 0. The first-order valence-corrected chi connectivity index (χ1v) is 8.30. The zero-order valence-corrected chi connectivity index (χ0v) is 12.3. The highest BCUT2D eigenvalue weighted by Gasteiger charge is 2.29. The Labute approximate surface area is 117 Å². The van der Waals surface area contributed by atoms with E-state index in [0.29, 0.717) is 17.7 Å². The number of amides is 1. The predicted octanol–water partition coefficient (Wildman–Crippen LogP) is 2.93. The van der Waals surface area contributed by atoms with Gasteiger partial charge >= 0.3 is 0 Å². The van der Waals surface area contributed by atoms with Crippen molar-refractivity contribution in [3.8, 4) is 0 Å². The van der Waals surface area contributed by atoms with E-state index in [1.165, 1.54) is 44.9 Å². The topological polar surface area (TPSA) is 46.3 Å². The van der Waals surface area contributed by atoms with E-state index < -0.39 is 0 Å². The number of carbonyl (C=O) groups excluding carboxylic acids is 1. The predicted molar refractivity (Wildman–Crippen MR) is 78.8 cm³/mol. The van der Waals surface area contributed by atoms with E-state index >= 15 is 0 Å². The lowest BCUT2D eigenvalue weighted by Crippen LogP contribution is -2.40. The number of hydrogen-bond donors (Lipinski definition) is 1. The van der Waals surface area contributed by atoms with Crippen molar-refractivity contribution in [3.05, 3.63) is 0 Å². The van der Waals surface area contributed by atoms with Crippen molar-refractivity contribution >= 4 is 5.91 Å². The number of likely N-dealkylation sites (tertiary alicyclic amines) is 1. The molecule has 1 aliphatic carbocycles. The number of rotatable bonds is 3. The van der Waals surface area contributed by atoms with Gasteiger partial charge in [0.05, 0.1) is 0 Å². The SMILES string of the molecule is NCCC1CCCC(C(=O)N2CCCCCCC2)C1. The molecule has 3 heteroatoms. The molecule has 0 aromatic carbocycles. The van der Waals surface area contributed by atoms with Gasteiger partial charge in [0, 0.05) is 19.0 Å². The van der Waals surface area contributed by atoms with E-state index in [1.807, 2.05) is 0 Å². The van der Waals surface area contributed by atoms with Crippen molar-refractivity contribution < 1.29 is 4.79 Å². The minimum absolute atomic E-state index is 0.296. The van der Waals surface area contributed by atoms with E-state index in [4.69, 9.17) is 5.73 Å².